The Hall–Kier alpha value is -1.85. The molecule has 0 aliphatic rings. The van der Waals surface area contributed by atoms with Crippen LogP contribution < -0.4 is 0 Å². The van der Waals surface area contributed by atoms with E-state index in [0.29, 0.717) is 0 Å². The van der Waals surface area contributed by atoms with Gasteiger partial charge in [-0.2, -0.15) is 13.2 Å². The number of hydrogen-bond donors (Lipinski definition) is 0. The highest BCUT2D eigenvalue weighted by molar-refractivity contribution is 5.59. The van der Waals surface area contributed by atoms with E-state index in [4.69, 9.17) is 4.42 Å². The fourth-order valence-electron chi connectivity index (χ4n) is 1.32. The molecular formula is C10H7F3N2O. The standard InChI is InChI=1S/C10H7F3N2O/c1-6-14-15-9(16-6)7-4-2-3-5-8(7)10(11,12)13/h2-5H,1H3. The molecule has 1 aromatic heterocycles. The molecule has 0 spiro atoms. The van der Waals surface area contributed by atoms with Crippen molar-refractivity contribution < 1.29 is 17.6 Å². The highest BCUT2D eigenvalue weighted by Crippen LogP contribution is 2.36. The minimum atomic E-state index is -4.43. The minimum absolute atomic E-state index is 0.101. The largest absolute Gasteiger partial charge is 0.421 e. The Morgan fingerprint density at radius 2 is 1.81 bits per heavy atom. The first-order valence-electron chi connectivity index (χ1n) is 4.45. The summed E-state index contributed by atoms with van der Waals surface area (Å²) in [6.07, 6.45) is -4.43. The summed E-state index contributed by atoms with van der Waals surface area (Å²) in [7, 11) is 0. The molecule has 0 atom stereocenters. The Kier molecular flexibility index (Phi) is 2.41. The predicted octanol–water partition coefficient (Wildman–Crippen LogP) is 3.06. The topological polar surface area (TPSA) is 38.9 Å². The second-order valence-corrected chi connectivity index (χ2v) is 3.17. The van der Waals surface area contributed by atoms with Crippen molar-refractivity contribution in [3.8, 4) is 11.5 Å². The zero-order valence-electron chi connectivity index (χ0n) is 8.25. The molecule has 1 aromatic carbocycles. The Morgan fingerprint density at radius 3 is 2.38 bits per heavy atom. The van der Waals surface area contributed by atoms with Crippen LogP contribution in [0, 0.1) is 6.92 Å². The van der Waals surface area contributed by atoms with Crippen molar-refractivity contribution in [2.75, 3.05) is 0 Å². The molecule has 0 radical (unpaired) electrons. The second-order valence-electron chi connectivity index (χ2n) is 3.17. The van der Waals surface area contributed by atoms with Gasteiger partial charge in [-0.05, 0) is 12.1 Å². The number of benzene rings is 1. The van der Waals surface area contributed by atoms with E-state index < -0.39 is 11.7 Å². The highest BCUT2D eigenvalue weighted by Gasteiger charge is 2.34. The van der Waals surface area contributed by atoms with Crippen molar-refractivity contribution in [1.29, 1.82) is 0 Å². The fourth-order valence-corrected chi connectivity index (χ4v) is 1.32. The Bertz CT molecular complexity index is 505. The molecule has 0 saturated heterocycles. The number of alkyl halides is 3. The molecule has 0 amide bonds. The summed E-state index contributed by atoms with van der Waals surface area (Å²) in [5.74, 6) is 0.109. The SMILES string of the molecule is Cc1nnc(-c2ccccc2C(F)(F)F)o1. The molecule has 3 nitrogen and oxygen atoms in total. The van der Waals surface area contributed by atoms with Crippen LogP contribution in [-0.4, -0.2) is 10.2 Å². The van der Waals surface area contributed by atoms with Gasteiger partial charge in [0.25, 0.3) is 0 Å². The highest BCUT2D eigenvalue weighted by atomic mass is 19.4. The van der Waals surface area contributed by atoms with Gasteiger partial charge in [0.05, 0.1) is 11.1 Å². The van der Waals surface area contributed by atoms with E-state index in [1.165, 1.54) is 25.1 Å². The average molecular weight is 228 g/mol. The van der Waals surface area contributed by atoms with Crippen molar-refractivity contribution in [2.45, 2.75) is 13.1 Å². The number of halogens is 3. The molecule has 2 aromatic rings. The van der Waals surface area contributed by atoms with Gasteiger partial charge in [-0.3, -0.25) is 0 Å². The normalized spacial score (nSPS) is 11.8. The lowest BCUT2D eigenvalue weighted by Gasteiger charge is -2.09. The lowest BCUT2D eigenvalue weighted by molar-refractivity contribution is -0.137. The molecule has 0 fully saturated rings. The third-order valence-corrected chi connectivity index (χ3v) is 1.99. The van der Waals surface area contributed by atoms with Crippen LogP contribution in [0.15, 0.2) is 28.7 Å². The fraction of sp³-hybridized carbons (Fsp3) is 0.200. The first-order chi connectivity index (χ1) is 7.48. The van der Waals surface area contributed by atoms with Crippen molar-refractivity contribution in [1.82, 2.24) is 10.2 Å². The number of rotatable bonds is 1. The summed E-state index contributed by atoms with van der Waals surface area (Å²) in [4.78, 5) is 0. The van der Waals surface area contributed by atoms with Gasteiger partial charge in [-0.25, -0.2) is 0 Å². The van der Waals surface area contributed by atoms with Crippen molar-refractivity contribution in [3.05, 3.63) is 35.7 Å². The van der Waals surface area contributed by atoms with Gasteiger partial charge in [0, 0.05) is 6.92 Å². The molecule has 0 aliphatic heterocycles. The van der Waals surface area contributed by atoms with E-state index in [0.717, 1.165) is 6.07 Å². The molecule has 6 heteroatoms. The van der Waals surface area contributed by atoms with Crippen molar-refractivity contribution >= 4 is 0 Å². The van der Waals surface area contributed by atoms with Crippen LogP contribution in [0.25, 0.3) is 11.5 Å². The van der Waals surface area contributed by atoms with Gasteiger partial charge in [0.2, 0.25) is 11.8 Å². The monoisotopic (exact) mass is 228 g/mol. The molecule has 2 rings (SSSR count). The molecule has 1 heterocycles. The molecule has 0 N–H and O–H groups in total. The summed E-state index contributed by atoms with van der Waals surface area (Å²) in [5.41, 5.74) is -0.880. The third-order valence-electron chi connectivity index (χ3n) is 1.99. The molecular weight excluding hydrogens is 221 g/mol. The first-order valence-corrected chi connectivity index (χ1v) is 4.45. The predicted molar refractivity (Wildman–Crippen MR) is 49.5 cm³/mol. The van der Waals surface area contributed by atoms with E-state index in [1.807, 2.05) is 0 Å². The smallest absolute Gasteiger partial charge is 0.417 e. The van der Waals surface area contributed by atoms with Gasteiger partial charge in [-0.1, -0.05) is 12.1 Å². The third kappa shape index (κ3) is 1.91. The van der Waals surface area contributed by atoms with Crippen LogP contribution in [-0.2, 0) is 6.18 Å². The van der Waals surface area contributed by atoms with Crippen LogP contribution in [0.2, 0.25) is 0 Å². The maximum absolute atomic E-state index is 12.7. The number of aryl methyl sites for hydroxylation is 1. The maximum atomic E-state index is 12.7. The summed E-state index contributed by atoms with van der Waals surface area (Å²) in [6.45, 7) is 1.52. The lowest BCUT2D eigenvalue weighted by atomic mass is 10.1. The van der Waals surface area contributed by atoms with E-state index in [2.05, 4.69) is 10.2 Å². The number of hydrogen-bond acceptors (Lipinski definition) is 3. The molecule has 0 saturated carbocycles. The Morgan fingerprint density at radius 1 is 1.12 bits per heavy atom. The average Bonchev–Trinajstić information content (AvgIpc) is 2.64. The zero-order valence-corrected chi connectivity index (χ0v) is 8.25. The van der Waals surface area contributed by atoms with Crippen LogP contribution in [0.5, 0.6) is 0 Å². The van der Waals surface area contributed by atoms with Crippen LogP contribution >= 0.6 is 0 Å². The van der Waals surface area contributed by atoms with Crippen LogP contribution in [0.4, 0.5) is 13.2 Å². The van der Waals surface area contributed by atoms with Gasteiger partial charge in [0.15, 0.2) is 0 Å². The minimum Gasteiger partial charge on any atom is -0.421 e. The second kappa shape index (κ2) is 3.62. The van der Waals surface area contributed by atoms with Crippen LogP contribution in [0.3, 0.4) is 0 Å². The number of nitrogens with zero attached hydrogens (tertiary/aromatic N) is 2. The van der Waals surface area contributed by atoms with E-state index >= 15 is 0 Å². The van der Waals surface area contributed by atoms with E-state index in [9.17, 15) is 13.2 Å². The molecule has 0 unspecified atom stereocenters. The van der Waals surface area contributed by atoms with Gasteiger partial charge in [-0.15, -0.1) is 10.2 Å². The van der Waals surface area contributed by atoms with Crippen molar-refractivity contribution in [3.63, 3.8) is 0 Å². The van der Waals surface area contributed by atoms with E-state index in [-0.39, 0.29) is 17.3 Å². The molecule has 0 aliphatic carbocycles. The van der Waals surface area contributed by atoms with Crippen molar-refractivity contribution in [2.24, 2.45) is 0 Å². The first kappa shape index (κ1) is 10.7. The zero-order chi connectivity index (χ0) is 11.8. The summed E-state index contributed by atoms with van der Waals surface area (Å²) >= 11 is 0. The molecule has 0 bridgehead atoms. The Labute approximate surface area is 88.9 Å². The van der Waals surface area contributed by atoms with E-state index in [1.54, 1.807) is 0 Å². The summed E-state index contributed by atoms with van der Waals surface area (Å²) < 4.78 is 42.9. The Balaban J connectivity index is 2.57. The summed E-state index contributed by atoms with van der Waals surface area (Å²) in [5, 5.41) is 7.08. The van der Waals surface area contributed by atoms with Gasteiger partial charge in [0.1, 0.15) is 0 Å². The molecule has 84 valence electrons. The lowest BCUT2D eigenvalue weighted by Crippen LogP contribution is -2.06. The van der Waals surface area contributed by atoms with Crippen LogP contribution in [0.1, 0.15) is 11.5 Å². The maximum Gasteiger partial charge on any atom is 0.417 e. The van der Waals surface area contributed by atoms with Gasteiger partial charge >= 0.3 is 6.18 Å². The summed E-state index contributed by atoms with van der Waals surface area (Å²) in [6, 6.07) is 5.09. The van der Waals surface area contributed by atoms with Gasteiger partial charge < -0.3 is 4.42 Å². The molecule has 16 heavy (non-hydrogen) atoms. The quantitative estimate of drug-likeness (QED) is 0.752. The number of aromatic nitrogens is 2.